The molecule has 2 aromatic rings. The Morgan fingerprint density at radius 2 is 1.79 bits per heavy atom. The monoisotopic (exact) mass is 358 g/mol. The smallest absolute Gasteiger partial charge is 0.200 e. The molecule has 0 aliphatic carbocycles. The molecule has 0 aliphatic heterocycles. The Hall–Kier alpha value is -1.03. The predicted molar refractivity (Wildman–Crippen MR) is 80.4 cm³/mol. The molecule has 2 aromatic carbocycles. The average molecular weight is 360 g/mol. The summed E-state index contributed by atoms with van der Waals surface area (Å²) >= 11 is 15.0. The lowest BCUT2D eigenvalue weighted by molar-refractivity contribution is 0.0921. The van der Waals surface area contributed by atoms with Gasteiger partial charge in [-0.3, -0.25) is 4.79 Å². The van der Waals surface area contributed by atoms with Gasteiger partial charge in [-0.05, 0) is 30.3 Å². The molecule has 0 aromatic heterocycles. The van der Waals surface area contributed by atoms with Crippen molar-refractivity contribution in [3.8, 4) is 5.75 Å². The van der Waals surface area contributed by atoms with Crippen molar-refractivity contribution in [2.45, 2.75) is 0 Å². The number of carbonyl (C=O) groups is 1. The van der Waals surface area contributed by atoms with Crippen molar-refractivity contribution in [2.75, 3.05) is 6.61 Å². The molecule has 0 amide bonds. The molecule has 0 atom stereocenters. The average Bonchev–Trinajstić information content (AvgIpc) is 2.38. The molecule has 19 heavy (non-hydrogen) atoms. The Balaban J connectivity index is 2.02. The van der Waals surface area contributed by atoms with Crippen molar-refractivity contribution in [1.29, 1.82) is 0 Å². The number of ketones is 1. The van der Waals surface area contributed by atoms with Gasteiger partial charge in [-0.15, -0.1) is 0 Å². The number of hydrogen-bond donors (Lipinski definition) is 0. The maximum Gasteiger partial charge on any atom is 0.200 e. The normalized spacial score (nSPS) is 10.3. The number of Topliss-reactive ketones (excluding diaryl/α,β-unsaturated/α-hetero) is 1. The van der Waals surface area contributed by atoms with Crippen molar-refractivity contribution in [1.82, 2.24) is 0 Å². The molecule has 0 aliphatic rings. The number of benzene rings is 2. The second-order valence-corrected chi connectivity index (χ2v) is 5.55. The third-order valence-corrected chi connectivity index (χ3v) is 3.48. The molecule has 2 rings (SSSR count). The van der Waals surface area contributed by atoms with Crippen molar-refractivity contribution >= 4 is 44.9 Å². The van der Waals surface area contributed by atoms with E-state index in [1.165, 1.54) is 0 Å². The minimum absolute atomic E-state index is 0.0665. The van der Waals surface area contributed by atoms with Crippen molar-refractivity contribution < 1.29 is 9.53 Å². The van der Waals surface area contributed by atoms with E-state index in [2.05, 4.69) is 15.9 Å². The van der Waals surface area contributed by atoms with E-state index in [1.54, 1.807) is 30.3 Å². The first kappa shape index (κ1) is 14.4. The zero-order valence-corrected chi connectivity index (χ0v) is 12.8. The molecule has 0 unspecified atom stereocenters. The summed E-state index contributed by atoms with van der Waals surface area (Å²) in [5.74, 6) is 0.329. The molecule has 5 heteroatoms. The highest BCUT2D eigenvalue weighted by Gasteiger charge is 2.08. The summed E-state index contributed by atoms with van der Waals surface area (Å²) < 4.78 is 6.31. The van der Waals surface area contributed by atoms with Gasteiger partial charge in [0.15, 0.2) is 12.4 Å². The van der Waals surface area contributed by atoms with E-state index in [1.807, 2.05) is 12.1 Å². The highest BCUT2D eigenvalue weighted by molar-refractivity contribution is 9.10. The lowest BCUT2D eigenvalue weighted by Crippen LogP contribution is -2.11. The van der Waals surface area contributed by atoms with Crippen LogP contribution in [0.1, 0.15) is 10.4 Å². The van der Waals surface area contributed by atoms with E-state index < -0.39 is 0 Å². The Kier molecular flexibility index (Phi) is 4.86. The van der Waals surface area contributed by atoms with Crippen LogP contribution < -0.4 is 4.74 Å². The SMILES string of the molecule is O=C(COc1ccc(Cl)cc1Cl)c1ccc(Br)cc1. The summed E-state index contributed by atoms with van der Waals surface area (Å²) in [5, 5.41) is 0.910. The van der Waals surface area contributed by atoms with Crippen LogP contribution in [0, 0.1) is 0 Å². The first-order valence-corrected chi connectivity index (χ1v) is 6.98. The van der Waals surface area contributed by atoms with Gasteiger partial charge in [-0.1, -0.05) is 51.3 Å². The summed E-state index contributed by atoms with van der Waals surface area (Å²) in [5.41, 5.74) is 0.591. The second kappa shape index (κ2) is 6.42. The van der Waals surface area contributed by atoms with E-state index in [0.29, 0.717) is 21.4 Å². The topological polar surface area (TPSA) is 26.3 Å². The summed E-state index contributed by atoms with van der Waals surface area (Å²) in [6, 6.07) is 12.0. The fourth-order valence-electron chi connectivity index (χ4n) is 1.45. The van der Waals surface area contributed by atoms with E-state index in [4.69, 9.17) is 27.9 Å². The Labute approximate surface area is 129 Å². The lowest BCUT2D eigenvalue weighted by atomic mass is 10.1. The van der Waals surface area contributed by atoms with Crippen LogP contribution in [0.25, 0.3) is 0 Å². The third-order valence-electron chi connectivity index (χ3n) is 2.42. The van der Waals surface area contributed by atoms with Gasteiger partial charge in [0.2, 0.25) is 0 Å². The summed E-state index contributed by atoms with van der Waals surface area (Å²) in [6.07, 6.45) is 0. The fraction of sp³-hybridized carbons (Fsp3) is 0.0714. The van der Waals surface area contributed by atoms with Crippen LogP contribution in [0.2, 0.25) is 10.0 Å². The van der Waals surface area contributed by atoms with E-state index >= 15 is 0 Å². The minimum atomic E-state index is -0.112. The fourth-order valence-corrected chi connectivity index (χ4v) is 2.18. The van der Waals surface area contributed by atoms with Crippen LogP contribution in [-0.4, -0.2) is 12.4 Å². The molecule has 0 bridgehead atoms. The van der Waals surface area contributed by atoms with Crippen LogP contribution in [0.15, 0.2) is 46.9 Å². The van der Waals surface area contributed by atoms with Gasteiger partial charge in [-0.2, -0.15) is 0 Å². The summed E-state index contributed by atoms with van der Waals surface area (Å²) in [7, 11) is 0. The lowest BCUT2D eigenvalue weighted by Gasteiger charge is -2.07. The zero-order chi connectivity index (χ0) is 13.8. The molecule has 0 heterocycles. The number of rotatable bonds is 4. The van der Waals surface area contributed by atoms with Gasteiger partial charge in [0.25, 0.3) is 0 Å². The molecule has 0 radical (unpaired) electrons. The van der Waals surface area contributed by atoms with Gasteiger partial charge in [0, 0.05) is 15.1 Å². The van der Waals surface area contributed by atoms with Gasteiger partial charge in [0.1, 0.15) is 5.75 Å². The molecule has 0 N–H and O–H groups in total. The van der Waals surface area contributed by atoms with Crippen LogP contribution in [0.4, 0.5) is 0 Å². The Morgan fingerprint density at radius 1 is 1.11 bits per heavy atom. The highest BCUT2D eigenvalue weighted by Crippen LogP contribution is 2.27. The number of carbonyl (C=O) groups excluding carboxylic acids is 1. The quantitative estimate of drug-likeness (QED) is 0.716. The van der Waals surface area contributed by atoms with Gasteiger partial charge in [0.05, 0.1) is 5.02 Å². The first-order valence-electron chi connectivity index (χ1n) is 5.43. The largest absolute Gasteiger partial charge is 0.484 e. The molecule has 0 fully saturated rings. The summed E-state index contributed by atoms with van der Waals surface area (Å²) in [4.78, 5) is 11.9. The molecule has 0 saturated carbocycles. The number of ether oxygens (including phenoxy) is 1. The molecular formula is C14H9BrCl2O2. The first-order chi connectivity index (χ1) is 9.06. The maximum atomic E-state index is 11.9. The Morgan fingerprint density at radius 3 is 2.42 bits per heavy atom. The van der Waals surface area contributed by atoms with E-state index in [-0.39, 0.29) is 12.4 Å². The molecule has 2 nitrogen and oxygen atoms in total. The van der Waals surface area contributed by atoms with E-state index in [0.717, 1.165) is 4.47 Å². The highest BCUT2D eigenvalue weighted by atomic mass is 79.9. The maximum absolute atomic E-state index is 11.9. The van der Waals surface area contributed by atoms with Crippen LogP contribution in [0.3, 0.4) is 0 Å². The molecule has 0 saturated heterocycles. The third kappa shape index (κ3) is 3.96. The van der Waals surface area contributed by atoms with Gasteiger partial charge in [-0.25, -0.2) is 0 Å². The van der Waals surface area contributed by atoms with Crippen molar-refractivity contribution in [2.24, 2.45) is 0 Å². The van der Waals surface area contributed by atoms with Gasteiger partial charge < -0.3 is 4.74 Å². The van der Waals surface area contributed by atoms with Crippen LogP contribution in [-0.2, 0) is 0 Å². The molecule has 0 spiro atoms. The van der Waals surface area contributed by atoms with Crippen molar-refractivity contribution in [3.63, 3.8) is 0 Å². The molecular weight excluding hydrogens is 351 g/mol. The summed E-state index contributed by atoms with van der Waals surface area (Å²) in [6.45, 7) is -0.0665. The number of hydrogen-bond acceptors (Lipinski definition) is 2. The minimum Gasteiger partial charge on any atom is -0.484 e. The van der Waals surface area contributed by atoms with Crippen molar-refractivity contribution in [3.05, 3.63) is 62.5 Å². The van der Waals surface area contributed by atoms with E-state index in [9.17, 15) is 4.79 Å². The van der Waals surface area contributed by atoms with Crippen LogP contribution >= 0.6 is 39.1 Å². The second-order valence-electron chi connectivity index (χ2n) is 3.79. The standard InChI is InChI=1S/C14H9BrCl2O2/c15-10-3-1-9(2-4-10)13(18)8-19-14-6-5-11(16)7-12(14)17/h1-7H,8H2. The predicted octanol–water partition coefficient (Wildman–Crippen LogP) is 5.02. The van der Waals surface area contributed by atoms with Gasteiger partial charge >= 0.3 is 0 Å². The Bertz CT molecular complexity index is 597. The zero-order valence-electron chi connectivity index (χ0n) is 9.70. The molecule has 98 valence electrons. The number of halogens is 3. The van der Waals surface area contributed by atoms with Crippen LogP contribution in [0.5, 0.6) is 5.75 Å².